The van der Waals surface area contributed by atoms with Gasteiger partial charge < -0.3 is 10.1 Å². The molecule has 0 fully saturated rings. The molecule has 0 amide bonds. The standard InChI is InChI=1S/C17H33N3O/c1-7-15(8-2)20-12-11-14(19-20)13-16(18-10-4)17(5,9-3)21-6/h11-12,15-16,18H,7-10,13H2,1-6H3. The molecule has 21 heavy (non-hydrogen) atoms. The fourth-order valence-electron chi connectivity index (χ4n) is 2.84. The fraction of sp³-hybridized carbons (Fsp3) is 0.824. The Morgan fingerprint density at radius 2 is 1.95 bits per heavy atom. The van der Waals surface area contributed by atoms with Gasteiger partial charge in [0.2, 0.25) is 0 Å². The second-order valence-corrected chi connectivity index (χ2v) is 5.94. The van der Waals surface area contributed by atoms with Crippen LogP contribution in [0, 0.1) is 0 Å². The van der Waals surface area contributed by atoms with Gasteiger partial charge in [-0.25, -0.2) is 0 Å². The number of aromatic nitrogens is 2. The quantitative estimate of drug-likeness (QED) is 0.717. The Balaban J connectivity index is 2.85. The molecule has 1 rings (SSSR count). The summed E-state index contributed by atoms with van der Waals surface area (Å²) in [5, 5.41) is 8.34. The molecule has 0 bridgehead atoms. The Morgan fingerprint density at radius 1 is 1.29 bits per heavy atom. The minimum absolute atomic E-state index is 0.158. The van der Waals surface area contributed by atoms with Crippen LogP contribution in [0.4, 0.5) is 0 Å². The van der Waals surface area contributed by atoms with Gasteiger partial charge in [-0.2, -0.15) is 5.10 Å². The molecule has 0 aromatic carbocycles. The van der Waals surface area contributed by atoms with Gasteiger partial charge in [-0.05, 0) is 38.8 Å². The van der Waals surface area contributed by atoms with E-state index in [1.165, 1.54) is 0 Å². The van der Waals surface area contributed by atoms with Crippen LogP contribution >= 0.6 is 0 Å². The Hall–Kier alpha value is -0.870. The summed E-state index contributed by atoms with van der Waals surface area (Å²) >= 11 is 0. The zero-order valence-corrected chi connectivity index (χ0v) is 14.6. The molecule has 0 aliphatic carbocycles. The van der Waals surface area contributed by atoms with Crippen molar-refractivity contribution in [3.05, 3.63) is 18.0 Å². The molecule has 0 spiro atoms. The molecule has 4 heteroatoms. The van der Waals surface area contributed by atoms with E-state index in [9.17, 15) is 0 Å². The molecule has 1 aromatic heterocycles. The van der Waals surface area contributed by atoms with Crippen LogP contribution in [-0.2, 0) is 11.2 Å². The van der Waals surface area contributed by atoms with Crippen LogP contribution in [-0.4, -0.2) is 35.1 Å². The average Bonchev–Trinajstić information content (AvgIpc) is 2.96. The number of rotatable bonds is 10. The van der Waals surface area contributed by atoms with Crippen molar-refractivity contribution in [3.8, 4) is 0 Å². The van der Waals surface area contributed by atoms with Gasteiger partial charge in [0.05, 0.1) is 17.3 Å². The lowest BCUT2D eigenvalue weighted by Crippen LogP contribution is -2.51. The molecule has 0 saturated carbocycles. The lowest BCUT2D eigenvalue weighted by Gasteiger charge is -2.36. The molecule has 4 nitrogen and oxygen atoms in total. The van der Waals surface area contributed by atoms with E-state index in [4.69, 9.17) is 9.84 Å². The molecule has 0 radical (unpaired) electrons. The first kappa shape index (κ1) is 18.2. The molecule has 1 N–H and O–H groups in total. The first-order valence-electron chi connectivity index (χ1n) is 8.37. The highest BCUT2D eigenvalue weighted by Gasteiger charge is 2.32. The molecular weight excluding hydrogens is 262 g/mol. The maximum Gasteiger partial charge on any atom is 0.0804 e. The summed E-state index contributed by atoms with van der Waals surface area (Å²) in [4.78, 5) is 0. The molecule has 2 unspecified atom stereocenters. The van der Waals surface area contributed by atoms with E-state index in [-0.39, 0.29) is 11.6 Å². The summed E-state index contributed by atoms with van der Waals surface area (Å²) < 4.78 is 7.89. The lowest BCUT2D eigenvalue weighted by molar-refractivity contribution is -0.0286. The van der Waals surface area contributed by atoms with Gasteiger partial charge >= 0.3 is 0 Å². The van der Waals surface area contributed by atoms with Crippen LogP contribution in [0.5, 0.6) is 0 Å². The van der Waals surface area contributed by atoms with Crippen molar-refractivity contribution in [1.29, 1.82) is 0 Å². The fourth-order valence-corrected chi connectivity index (χ4v) is 2.84. The SMILES string of the molecule is CCNC(Cc1ccn(C(CC)CC)n1)C(C)(CC)OC. The maximum absolute atomic E-state index is 5.77. The summed E-state index contributed by atoms with van der Waals surface area (Å²) in [7, 11) is 1.80. The summed E-state index contributed by atoms with van der Waals surface area (Å²) in [6.45, 7) is 11.9. The van der Waals surface area contributed by atoms with E-state index in [2.05, 4.69) is 56.9 Å². The Kier molecular flexibility index (Phi) is 7.40. The number of hydrogen-bond acceptors (Lipinski definition) is 3. The summed E-state index contributed by atoms with van der Waals surface area (Å²) in [6, 6.07) is 2.94. The van der Waals surface area contributed by atoms with E-state index in [1.807, 2.05) is 0 Å². The van der Waals surface area contributed by atoms with E-state index < -0.39 is 0 Å². The minimum atomic E-state index is -0.158. The summed E-state index contributed by atoms with van der Waals surface area (Å²) in [5.41, 5.74) is 0.985. The second kappa shape index (κ2) is 8.54. The highest BCUT2D eigenvalue weighted by molar-refractivity contribution is 5.05. The van der Waals surface area contributed by atoms with Crippen molar-refractivity contribution >= 4 is 0 Å². The molecule has 1 heterocycles. The van der Waals surface area contributed by atoms with E-state index >= 15 is 0 Å². The zero-order chi connectivity index (χ0) is 15.9. The average molecular weight is 295 g/mol. The molecule has 2 atom stereocenters. The third-order valence-electron chi connectivity index (χ3n) is 4.75. The maximum atomic E-state index is 5.77. The molecule has 1 aromatic rings. The smallest absolute Gasteiger partial charge is 0.0804 e. The monoisotopic (exact) mass is 295 g/mol. The summed E-state index contributed by atoms with van der Waals surface area (Å²) in [6.07, 6.45) is 6.25. The molecule has 0 aliphatic heterocycles. The van der Waals surface area contributed by atoms with Crippen LogP contribution in [0.25, 0.3) is 0 Å². The predicted molar refractivity (Wildman–Crippen MR) is 88.7 cm³/mol. The highest BCUT2D eigenvalue weighted by Crippen LogP contribution is 2.23. The molecule has 0 saturated heterocycles. The van der Waals surface area contributed by atoms with Crippen molar-refractivity contribution in [2.24, 2.45) is 0 Å². The number of nitrogens with one attached hydrogen (secondary N) is 1. The summed E-state index contributed by atoms with van der Waals surface area (Å²) in [5.74, 6) is 0. The normalized spacial score (nSPS) is 16.1. The van der Waals surface area contributed by atoms with Crippen molar-refractivity contribution in [2.45, 2.75) is 78.0 Å². The molecule has 122 valence electrons. The van der Waals surface area contributed by atoms with Crippen LogP contribution in [0.3, 0.4) is 0 Å². The van der Waals surface area contributed by atoms with Gasteiger partial charge in [-0.15, -0.1) is 0 Å². The van der Waals surface area contributed by atoms with Crippen molar-refractivity contribution < 1.29 is 4.74 Å². The molecular formula is C17H33N3O. The van der Waals surface area contributed by atoms with Crippen molar-refractivity contribution in [3.63, 3.8) is 0 Å². The number of likely N-dealkylation sites (N-methyl/N-ethyl adjacent to an activating group) is 1. The van der Waals surface area contributed by atoms with Crippen LogP contribution in [0.1, 0.15) is 65.6 Å². The van der Waals surface area contributed by atoms with Crippen molar-refractivity contribution in [2.75, 3.05) is 13.7 Å². The van der Waals surface area contributed by atoms with Gasteiger partial charge in [0.15, 0.2) is 0 Å². The van der Waals surface area contributed by atoms with Gasteiger partial charge in [-0.1, -0.05) is 27.7 Å². The minimum Gasteiger partial charge on any atom is -0.377 e. The van der Waals surface area contributed by atoms with Gasteiger partial charge in [0, 0.05) is 25.8 Å². The number of nitrogens with zero attached hydrogens (tertiary/aromatic N) is 2. The topological polar surface area (TPSA) is 39.1 Å². The number of hydrogen-bond donors (Lipinski definition) is 1. The van der Waals surface area contributed by atoms with Gasteiger partial charge in [0.25, 0.3) is 0 Å². The third-order valence-corrected chi connectivity index (χ3v) is 4.75. The van der Waals surface area contributed by atoms with E-state index in [0.717, 1.165) is 37.9 Å². The van der Waals surface area contributed by atoms with Gasteiger partial charge in [0.1, 0.15) is 0 Å². The Morgan fingerprint density at radius 3 is 2.43 bits per heavy atom. The van der Waals surface area contributed by atoms with Crippen LogP contribution < -0.4 is 5.32 Å². The third kappa shape index (κ3) is 4.55. The Bertz CT molecular complexity index is 394. The van der Waals surface area contributed by atoms with Gasteiger partial charge in [-0.3, -0.25) is 4.68 Å². The van der Waals surface area contributed by atoms with E-state index in [0.29, 0.717) is 6.04 Å². The number of methoxy groups -OCH3 is 1. The van der Waals surface area contributed by atoms with Crippen LogP contribution in [0.15, 0.2) is 12.3 Å². The second-order valence-electron chi connectivity index (χ2n) is 5.94. The molecule has 0 aliphatic rings. The van der Waals surface area contributed by atoms with E-state index in [1.54, 1.807) is 7.11 Å². The first-order valence-corrected chi connectivity index (χ1v) is 8.37. The van der Waals surface area contributed by atoms with Crippen molar-refractivity contribution in [1.82, 2.24) is 15.1 Å². The van der Waals surface area contributed by atoms with Crippen LogP contribution in [0.2, 0.25) is 0 Å². The predicted octanol–water partition coefficient (Wildman–Crippen LogP) is 3.58. The zero-order valence-electron chi connectivity index (χ0n) is 14.6. The highest BCUT2D eigenvalue weighted by atomic mass is 16.5. The largest absolute Gasteiger partial charge is 0.377 e. The number of ether oxygens (including phenoxy) is 1. The lowest BCUT2D eigenvalue weighted by atomic mass is 9.89. The first-order chi connectivity index (χ1) is 10.0. The Labute approximate surface area is 130 Å².